The number of benzene rings is 8. The molecule has 1 aliphatic rings. The Morgan fingerprint density at radius 3 is 1.59 bits per heavy atom. The average Bonchev–Trinajstić information content (AvgIpc) is 3.60. The third-order valence-electron chi connectivity index (χ3n) is 10.5. The van der Waals surface area contributed by atoms with Crippen molar-refractivity contribution in [2.45, 2.75) is 19.3 Å². The summed E-state index contributed by atoms with van der Waals surface area (Å²) < 4.78 is 6.89. The van der Waals surface area contributed by atoms with Crippen LogP contribution in [-0.4, -0.2) is 0 Å². The molecule has 0 spiro atoms. The first kappa shape index (κ1) is 25.6. The molecule has 1 nitrogen and oxygen atoms in total. The van der Waals surface area contributed by atoms with E-state index in [9.17, 15) is 0 Å². The van der Waals surface area contributed by atoms with Crippen molar-refractivity contribution in [3.05, 3.63) is 157 Å². The van der Waals surface area contributed by atoms with E-state index in [-0.39, 0.29) is 5.41 Å². The summed E-state index contributed by atoms with van der Waals surface area (Å²) in [6.45, 7) is 4.72. The molecule has 0 radical (unpaired) electrons. The Bertz CT molecular complexity index is 2660. The van der Waals surface area contributed by atoms with Gasteiger partial charge in [0, 0.05) is 32.7 Å². The molecule has 0 saturated carbocycles. The molecule has 0 fully saturated rings. The highest BCUT2D eigenvalue weighted by atomic mass is 16.3. The van der Waals surface area contributed by atoms with Gasteiger partial charge in [-0.3, -0.25) is 0 Å². The summed E-state index contributed by atoms with van der Waals surface area (Å²) >= 11 is 0. The predicted molar refractivity (Wildman–Crippen MR) is 195 cm³/mol. The van der Waals surface area contributed by atoms with Crippen molar-refractivity contribution in [1.29, 1.82) is 0 Å². The van der Waals surface area contributed by atoms with Crippen molar-refractivity contribution in [3.63, 3.8) is 0 Å². The topological polar surface area (TPSA) is 13.1 Å². The lowest BCUT2D eigenvalue weighted by Crippen LogP contribution is -2.14. The normalized spacial score (nSPS) is 13.6. The maximum Gasteiger partial charge on any atom is 0.143 e. The highest BCUT2D eigenvalue weighted by molar-refractivity contribution is 6.26. The van der Waals surface area contributed by atoms with Crippen molar-refractivity contribution < 1.29 is 4.42 Å². The zero-order valence-electron chi connectivity index (χ0n) is 25.8. The van der Waals surface area contributed by atoms with Gasteiger partial charge in [0.15, 0.2) is 0 Å². The fourth-order valence-electron chi connectivity index (χ4n) is 8.39. The predicted octanol–water partition coefficient (Wildman–Crippen LogP) is 12.7. The van der Waals surface area contributed by atoms with Crippen molar-refractivity contribution in [2.75, 3.05) is 0 Å². The van der Waals surface area contributed by atoms with Crippen LogP contribution in [0.3, 0.4) is 0 Å². The smallest absolute Gasteiger partial charge is 0.143 e. The third kappa shape index (κ3) is 3.30. The van der Waals surface area contributed by atoms with Gasteiger partial charge in [-0.25, -0.2) is 0 Å². The standard InChI is InChI=1S/C45H30O/c1-45(2)38-23-10-9-19-35(38)42-36(21-12-24-39(42)45)40-29-15-5-7-17-31(29)41(32-18-8-6-16-30(32)40)37-22-11-20-33-34-26-25-27-13-3-4-14-28(27)43(34)46-44(33)37/h3-26H,1-2H3. The number of furan rings is 1. The van der Waals surface area contributed by atoms with Gasteiger partial charge in [0.1, 0.15) is 11.2 Å². The van der Waals surface area contributed by atoms with Crippen LogP contribution in [-0.2, 0) is 5.41 Å². The van der Waals surface area contributed by atoms with Crippen LogP contribution >= 0.6 is 0 Å². The summed E-state index contributed by atoms with van der Waals surface area (Å²) in [5.41, 5.74) is 12.2. The second-order valence-electron chi connectivity index (χ2n) is 13.2. The van der Waals surface area contributed by atoms with Crippen LogP contribution in [0.15, 0.2) is 150 Å². The number of hydrogen-bond donors (Lipinski definition) is 0. The summed E-state index contributed by atoms with van der Waals surface area (Å²) in [6.07, 6.45) is 0. The highest BCUT2D eigenvalue weighted by Gasteiger charge is 2.37. The van der Waals surface area contributed by atoms with Gasteiger partial charge in [0.25, 0.3) is 0 Å². The lowest BCUT2D eigenvalue weighted by molar-refractivity contribution is 0.660. The SMILES string of the molecule is CC1(C)c2ccccc2-c2c(-c3c4ccccc4c(-c4cccc5c4oc4c6ccccc6ccc54)c4ccccc34)cccc21. The maximum absolute atomic E-state index is 6.89. The van der Waals surface area contributed by atoms with E-state index in [2.05, 4.69) is 159 Å². The van der Waals surface area contributed by atoms with Gasteiger partial charge < -0.3 is 4.42 Å². The lowest BCUT2D eigenvalue weighted by Gasteiger charge is -2.22. The molecule has 0 saturated heterocycles. The zero-order valence-corrected chi connectivity index (χ0v) is 25.8. The van der Waals surface area contributed by atoms with E-state index in [1.807, 2.05) is 0 Å². The van der Waals surface area contributed by atoms with Crippen LogP contribution in [0.4, 0.5) is 0 Å². The molecule has 46 heavy (non-hydrogen) atoms. The molecular weight excluding hydrogens is 556 g/mol. The molecule has 1 aliphatic carbocycles. The zero-order chi connectivity index (χ0) is 30.6. The van der Waals surface area contributed by atoms with Gasteiger partial charge in [-0.2, -0.15) is 0 Å². The minimum Gasteiger partial charge on any atom is -0.455 e. The van der Waals surface area contributed by atoms with Crippen molar-refractivity contribution in [3.8, 4) is 33.4 Å². The van der Waals surface area contributed by atoms with Crippen LogP contribution in [0.2, 0.25) is 0 Å². The third-order valence-corrected chi connectivity index (χ3v) is 10.5. The van der Waals surface area contributed by atoms with Crippen LogP contribution < -0.4 is 0 Å². The van der Waals surface area contributed by atoms with E-state index < -0.39 is 0 Å². The maximum atomic E-state index is 6.89. The van der Waals surface area contributed by atoms with Crippen molar-refractivity contribution >= 4 is 54.3 Å². The minimum atomic E-state index is -0.0609. The molecule has 0 bridgehead atoms. The van der Waals surface area contributed by atoms with Gasteiger partial charge >= 0.3 is 0 Å². The largest absolute Gasteiger partial charge is 0.455 e. The summed E-state index contributed by atoms with van der Waals surface area (Å²) in [6, 6.07) is 53.3. The number of para-hydroxylation sites is 1. The van der Waals surface area contributed by atoms with Gasteiger partial charge in [-0.05, 0) is 66.4 Å². The molecule has 0 amide bonds. The highest BCUT2D eigenvalue weighted by Crippen LogP contribution is 2.54. The van der Waals surface area contributed by atoms with Crippen LogP contribution in [0.1, 0.15) is 25.0 Å². The van der Waals surface area contributed by atoms with E-state index >= 15 is 0 Å². The minimum absolute atomic E-state index is 0.0609. The van der Waals surface area contributed by atoms with E-state index in [4.69, 9.17) is 4.42 Å². The Balaban J connectivity index is 1.34. The van der Waals surface area contributed by atoms with Gasteiger partial charge in [-0.1, -0.05) is 153 Å². The van der Waals surface area contributed by atoms with E-state index in [1.165, 1.54) is 65.9 Å². The Morgan fingerprint density at radius 2 is 0.848 bits per heavy atom. The molecule has 0 atom stereocenters. The summed E-state index contributed by atoms with van der Waals surface area (Å²) in [7, 11) is 0. The first-order valence-electron chi connectivity index (χ1n) is 16.1. The molecule has 216 valence electrons. The Morgan fingerprint density at radius 1 is 0.348 bits per heavy atom. The molecule has 1 aromatic heterocycles. The monoisotopic (exact) mass is 586 g/mol. The lowest BCUT2D eigenvalue weighted by atomic mass is 9.80. The number of rotatable bonds is 2. The van der Waals surface area contributed by atoms with E-state index in [0.717, 1.165) is 32.9 Å². The Labute approximate surface area is 267 Å². The van der Waals surface area contributed by atoms with Crippen LogP contribution in [0.25, 0.3) is 87.6 Å². The molecule has 8 aromatic carbocycles. The summed E-state index contributed by atoms with van der Waals surface area (Å²) in [5, 5.41) is 9.62. The quantitative estimate of drug-likeness (QED) is 0.184. The molecule has 1 heteroatoms. The van der Waals surface area contributed by atoms with E-state index in [1.54, 1.807) is 0 Å². The second-order valence-corrected chi connectivity index (χ2v) is 13.2. The molecule has 10 rings (SSSR count). The molecule has 9 aromatic rings. The van der Waals surface area contributed by atoms with Crippen LogP contribution in [0.5, 0.6) is 0 Å². The van der Waals surface area contributed by atoms with Crippen LogP contribution in [0, 0.1) is 0 Å². The van der Waals surface area contributed by atoms with E-state index in [0.29, 0.717) is 0 Å². The van der Waals surface area contributed by atoms with Crippen molar-refractivity contribution in [2.24, 2.45) is 0 Å². The van der Waals surface area contributed by atoms with Gasteiger partial charge in [-0.15, -0.1) is 0 Å². The fraction of sp³-hybridized carbons (Fsp3) is 0.0667. The molecule has 1 heterocycles. The average molecular weight is 587 g/mol. The Hall–Kier alpha value is -5.66. The molecule has 0 unspecified atom stereocenters. The number of hydrogen-bond acceptors (Lipinski definition) is 1. The first-order chi connectivity index (χ1) is 22.6. The summed E-state index contributed by atoms with van der Waals surface area (Å²) in [4.78, 5) is 0. The second kappa shape index (κ2) is 9.19. The molecule has 0 N–H and O–H groups in total. The fourth-order valence-corrected chi connectivity index (χ4v) is 8.39. The van der Waals surface area contributed by atoms with Crippen molar-refractivity contribution in [1.82, 2.24) is 0 Å². The molecule has 0 aliphatic heterocycles. The first-order valence-corrected chi connectivity index (χ1v) is 16.1. The van der Waals surface area contributed by atoms with Gasteiger partial charge in [0.2, 0.25) is 0 Å². The summed E-state index contributed by atoms with van der Waals surface area (Å²) in [5.74, 6) is 0. The Kier molecular flexibility index (Phi) is 5.12. The van der Waals surface area contributed by atoms with Gasteiger partial charge in [0.05, 0.1) is 0 Å². The number of fused-ring (bicyclic) bond motifs is 10. The molecular formula is C45H30O.